The number of hydrogen-bond donors (Lipinski definition) is 1. The molecular formula is C19H28N2. The molecule has 0 saturated carbocycles. The zero-order valence-corrected chi connectivity index (χ0v) is 14.0. The average Bonchev–Trinajstić information content (AvgIpc) is 2.45. The maximum absolute atomic E-state index is 4.92. The van der Waals surface area contributed by atoms with E-state index in [1.165, 1.54) is 27.7 Å². The lowest BCUT2D eigenvalue weighted by atomic mass is 9.99. The molecule has 0 radical (unpaired) electrons. The molecule has 114 valence electrons. The van der Waals surface area contributed by atoms with Gasteiger partial charge in [-0.1, -0.05) is 52.8 Å². The normalized spacial score (nSPS) is 11.8. The highest BCUT2D eigenvalue weighted by Crippen LogP contribution is 2.25. The van der Waals surface area contributed by atoms with E-state index >= 15 is 0 Å². The van der Waals surface area contributed by atoms with Crippen LogP contribution in [0.3, 0.4) is 0 Å². The van der Waals surface area contributed by atoms with Crippen molar-refractivity contribution in [2.24, 2.45) is 5.92 Å². The molecule has 1 N–H and O–H groups in total. The van der Waals surface area contributed by atoms with Gasteiger partial charge in [-0.15, -0.1) is 0 Å². The standard InChI is InChI=1S/C19H28N2/c1-6-15-8-7-9-17-16(12-20-11-13(2)3)10-18(14(4)5)21-19(15)17/h7-10,13-14,20H,6,11-12H2,1-5H3. The van der Waals surface area contributed by atoms with E-state index in [1.54, 1.807) is 0 Å². The second-order valence-electron chi connectivity index (χ2n) is 6.55. The third kappa shape index (κ3) is 3.82. The number of fused-ring (bicyclic) bond motifs is 1. The monoisotopic (exact) mass is 284 g/mol. The maximum atomic E-state index is 4.92. The third-order valence-electron chi connectivity index (χ3n) is 3.87. The molecule has 0 bridgehead atoms. The van der Waals surface area contributed by atoms with Gasteiger partial charge < -0.3 is 5.32 Å². The van der Waals surface area contributed by atoms with Gasteiger partial charge in [-0.3, -0.25) is 4.98 Å². The van der Waals surface area contributed by atoms with Crippen molar-refractivity contribution < 1.29 is 0 Å². The topological polar surface area (TPSA) is 24.9 Å². The van der Waals surface area contributed by atoms with Crippen LogP contribution < -0.4 is 5.32 Å². The third-order valence-corrected chi connectivity index (χ3v) is 3.87. The Morgan fingerprint density at radius 2 is 1.86 bits per heavy atom. The molecule has 0 fully saturated rings. The van der Waals surface area contributed by atoms with Crippen LogP contribution in [0, 0.1) is 5.92 Å². The molecule has 1 aromatic carbocycles. The predicted octanol–water partition coefficient (Wildman–Crippen LogP) is 4.67. The second-order valence-corrected chi connectivity index (χ2v) is 6.55. The van der Waals surface area contributed by atoms with Crippen LogP contribution in [0.4, 0.5) is 0 Å². The summed E-state index contributed by atoms with van der Waals surface area (Å²) in [5, 5.41) is 4.87. The Balaban J connectivity index is 2.46. The van der Waals surface area contributed by atoms with Crippen molar-refractivity contribution in [2.45, 2.75) is 53.5 Å². The van der Waals surface area contributed by atoms with Crippen molar-refractivity contribution in [3.63, 3.8) is 0 Å². The summed E-state index contributed by atoms with van der Waals surface area (Å²) in [6.07, 6.45) is 1.03. The number of aryl methyl sites for hydroxylation is 1. The summed E-state index contributed by atoms with van der Waals surface area (Å²) >= 11 is 0. The summed E-state index contributed by atoms with van der Waals surface area (Å²) in [6, 6.07) is 8.84. The largest absolute Gasteiger partial charge is 0.312 e. The predicted molar refractivity (Wildman–Crippen MR) is 91.8 cm³/mol. The molecule has 1 heterocycles. The number of benzene rings is 1. The fourth-order valence-electron chi connectivity index (χ4n) is 2.62. The van der Waals surface area contributed by atoms with Gasteiger partial charge in [0, 0.05) is 17.6 Å². The van der Waals surface area contributed by atoms with Gasteiger partial charge in [-0.2, -0.15) is 0 Å². The lowest BCUT2D eigenvalue weighted by molar-refractivity contribution is 0.553. The van der Waals surface area contributed by atoms with Gasteiger partial charge in [0.25, 0.3) is 0 Å². The molecule has 2 aromatic rings. The first-order valence-electron chi connectivity index (χ1n) is 8.15. The fraction of sp³-hybridized carbons (Fsp3) is 0.526. The molecule has 1 aromatic heterocycles. The molecule has 0 unspecified atom stereocenters. The number of nitrogens with zero attached hydrogens (tertiary/aromatic N) is 1. The van der Waals surface area contributed by atoms with Crippen molar-refractivity contribution in [2.75, 3.05) is 6.54 Å². The Kier molecular flexibility index (Phi) is 5.35. The summed E-state index contributed by atoms with van der Waals surface area (Å²) in [7, 11) is 0. The van der Waals surface area contributed by atoms with Crippen LogP contribution in [0.15, 0.2) is 24.3 Å². The first kappa shape index (κ1) is 16.0. The Hall–Kier alpha value is -1.41. The van der Waals surface area contributed by atoms with Crippen LogP contribution in [-0.2, 0) is 13.0 Å². The van der Waals surface area contributed by atoms with Crippen LogP contribution in [0.25, 0.3) is 10.9 Å². The molecule has 0 atom stereocenters. The summed E-state index contributed by atoms with van der Waals surface area (Å²) < 4.78 is 0. The molecule has 0 saturated heterocycles. The molecule has 0 aliphatic heterocycles. The molecule has 2 rings (SSSR count). The van der Waals surface area contributed by atoms with E-state index in [9.17, 15) is 0 Å². The smallest absolute Gasteiger partial charge is 0.0740 e. The molecule has 0 aliphatic carbocycles. The SMILES string of the molecule is CCc1cccc2c(CNCC(C)C)cc(C(C)C)nc12. The number of pyridine rings is 1. The van der Waals surface area contributed by atoms with E-state index in [1.807, 2.05) is 0 Å². The van der Waals surface area contributed by atoms with Crippen molar-refractivity contribution in [1.29, 1.82) is 0 Å². The lowest BCUT2D eigenvalue weighted by Gasteiger charge is -2.15. The fourth-order valence-corrected chi connectivity index (χ4v) is 2.62. The van der Waals surface area contributed by atoms with Gasteiger partial charge in [-0.05, 0) is 42.0 Å². The highest BCUT2D eigenvalue weighted by Gasteiger charge is 2.10. The summed E-state index contributed by atoms with van der Waals surface area (Å²) in [5.41, 5.74) is 5.11. The minimum Gasteiger partial charge on any atom is -0.312 e. The van der Waals surface area contributed by atoms with Gasteiger partial charge in [-0.25, -0.2) is 0 Å². The highest BCUT2D eigenvalue weighted by molar-refractivity contribution is 5.85. The van der Waals surface area contributed by atoms with E-state index in [-0.39, 0.29) is 0 Å². The molecule has 21 heavy (non-hydrogen) atoms. The number of para-hydroxylation sites is 1. The van der Waals surface area contributed by atoms with Crippen LogP contribution >= 0.6 is 0 Å². The van der Waals surface area contributed by atoms with Gasteiger partial charge in [0.15, 0.2) is 0 Å². The lowest BCUT2D eigenvalue weighted by Crippen LogP contribution is -2.19. The number of nitrogens with one attached hydrogen (secondary N) is 1. The quantitative estimate of drug-likeness (QED) is 0.834. The average molecular weight is 284 g/mol. The summed E-state index contributed by atoms with van der Waals surface area (Å²) in [6.45, 7) is 13.1. The van der Waals surface area contributed by atoms with Crippen molar-refractivity contribution in [3.05, 3.63) is 41.1 Å². The Morgan fingerprint density at radius 1 is 1.10 bits per heavy atom. The molecule has 0 amide bonds. The van der Waals surface area contributed by atoms with Gasteiger partial charge in [0.2, 0.25) is 0 Å². The number of aromatic nitrogens is 1. The molecule has 0 spiro atoms. The summed E-state index contributed by atoms with van der Waals surface area (Å²) in [4.78, 5) is 4.92. The van der Waals surface area contributed by atoms with Crippen molar-refractivity contribution >= 4 is 10.9 Å². The van der Waals surface area contributed by atoms with Crippen LogP contribution in [0.2, 0.25) is 0 Å². The van der Waals surface area contributed by atoms with E-state index in [0.29, 0.717) is 11.8 Å². The van der Waals surface area contributed by atoms with Gasteiger partial charge in [0.05, 0.1) is 5.52 Å². The second kappa shape index (κ2) is 7.04. The zero-order valence-electron chi connectivity index (χ0n) is 14.0. The van der Waals surface area contributed by atoms with Crippen molar-refractivity contribution in [3.8, 4) is 0 Å². The summed E-state index contributed by atoms with van der Waals surface area (Å²) in [5.74, 6) is 1.14. The Morgan fingerprint density at radius 3 is 2.48 bits per heavy atom. The van der Waals surface area contributed by atoms with E-state index < -0.39 is 0 Å². The molecule has 2 nitrogen and oxygen atoms in total. The van der Waals surface area contributed by atoms with Crippen LogP contribution in [0.1, 0.15) is 57.4 Å². The molecule has 0 aliphatic rings. The molecular weight excluding hydrogens is 256 g/mol. The van der Waals surface area contributed by atoms with Crippen molar-refractivity contribution in [1.82, 2.24) is 10.3 Å². The zero-order chi connectivity index (χ0) is 15.4. The molecule has 2 heteroatoms. The van der Waals surface area contributed by atoms with Gasteiger partial charge in [0.1, 0.15) is 0 Å². The minimum atomic E-state index is 0.461. The number of rotatable bonds is 6. The first-order chi connectivity index (χ1) is 10.0. The van der Waals surface area contributed by atoms with Crippen LogP contribution in [0.5, 0.6) is 0 Å². The Bertz CT molecular complexity index is 600. The number of hydrogen-bond acceptors (Lipinski definition) is 2. The highest BCUT2D eigenvalue weighted by atomic mass is 14.9. The van der Waals surface area contributed by atoms with E-state index in [0.717, 1.165) is 19.5 Å². The first-order valence-corrected chi connectivity index (χ1v) is 8.15. The maximum Gasteiger partial charge on any atom is 0.0740 e. The Labute approximate surface area is 129 Å². The van der Waals surface area contributed by atoms with Gasteiger partial charge >= 0.3 is 0 Å². The van der Waals surface area contributed by atoms with Crippen LogP contribution in [-0.4, -0.2) is 11.5 Å². The van der Waals surface area contributed by atoms with E-state index in [2.05, 4.69) is 64.2 Å². The van der Waals surface area contributed by atoms with E-state index in [4.69, 9.17) is 4.98 Å². The minimum absolute atomic E-state index is 0.461.